The standard InChI is InChI=1S/C9H15N3O2S/c1-4-5-7-10-9(12-11-7)15-6(2)8(13)14-3/h6H,4-5H2,1-3H3,(H,10,11,12). The van der Waals surface area contributed by atoms with Crippen LogP contribution in [0, 0.1) is 0 Å². The Bertz CT molecular complexity index is 327. The third kappa shape index (κ3) is 3.54. The minimum atomic E-state index is -0.278. The normalized spacial score (nSPS) is 12.5. The highest BCUT2D eigenvalue weighted by Crippen LogP contribution is 2.19. The van der Waals surface area contributed by atoms with Crippen molar-refractivity contribution in [2.45, 2.75) is 37.1 Å². The maximum absolute atomic E-state index is 11.1. The molecule has 0 saturated heterocycles. The Morgan fingerprint density at radius 2 is 2.40 bits per heavy atom. The summed E-state index contributed by atoms with van der Waals surface area (Å²) in [4.78, 5) is 15.4. The number of thioether (sulfide) groups is 1. The Hall–Kier alpha value is -1.04. The van der Waals surface area contributed by atoms with Gasteiger partial charge in [-0.1, -0.05) is 18.7 Å². The van der Waals surface area contributed by atoms with Crippen LogP contribution in [0.3, 0.4) is 0 Å². The zero-order valence-electron chi connectivity index (χ0n) is 9.11. The molecule has 0 aromatic carbocycles. The summed E-state index contributed by atoms with van der Waals surface area (Å²) in [7, 11) is 1.37. The fraction of sp³-hybridized carbons (Fsp3) is 0.667. The lowest BCUT2D eigenvalue weighted by Gasteiger charge is -2.04. The van der Waals surface area contributed by atoms with Gasteiger partial charge in [-0.25, -0.2) is 4.98 Å². The average Bonchev–Trinajstić information content (AvgIpc) is 2.65. The highest BCUT2D eigenvalue weighted by molar-refractivity contribution is 8.00. The summed E-state index contributed by atoms with van der Waals surface area (Å²) in [6.45, 7) is 3.85. The van der Waals surface area contributed by atoms with Gasteiger partial charge in [0.25, 0.3) is 0 Å². The van der Waals surface area contributed by atoms with Crippen LogP contribution in [0.4, 0.5) is 0 Å². The molecule has 0 saturated carbocycles. The lowest BCUT2D eigenvalue weighted by atomic mass is 10.3. The summed E-state index contributed by atoms with van der Waals surface area (Å²) in [5.74, 6) is 0.596. The van der Waals surface area contributed by atoms with Gasteiger partial charge in [-0.3, -0.25) is 9.89 Å². The van der Waals surface area contributed by atoms with E-state index in [1.807, 2.05) is 0 Å². The summed E-state index contributed by atoms with van der Waals surface area (Å²) in [6, 6.07) is 0. The van der Waals surface area contributed by atoms with E-state index in [0.717, 1.165) is 18.7 Å². The van der Waals surface area contributed by atoms with Crippen LogP contribution in [0.25, 0.3) is 0 Å². The number of rotatable bonds is 5. The molecule has 0 aliphatic heterocycles. The molecule has 1 unspecified atom stereocenters. The van der Waals surface area contributed by atoms with Crippen LogP contribution < -0.4 is 0 Å². The van der Waals surface area contributed by atoms with Crippen LogP contribution in [0.2, 0.25) is 0 Å². The molecule has 0 aliphatic carbocycles. The number of ether oxygens (including phenoxy) is 1. The number of aryl methyl sites for hydroxylation is 1. The number of carbonyl (C=O) groups is 1. The van der Waals surface area contributed by atoms with E-state index < -0.39 is 0 Å². The molecule has 0 bridgehead atoms. The second-order valence-electron chi connectivity index (χ2n) is 3.10. The van der Waals surface area contributed by atoms with Crippen LogP contribution in [0.5, 0.6) is 0 Å². The van der Waals surface area contributed by atoms with Crippen molar-refractivity contribution in [3.63, 3.8) is 0 Å². The summed E-state index contributed by atoms with van der Waals surface area (Å²) < 4.78 is 4.61. The molecule has 0 spiro atoms. The molecule has 1 aromatic rings. The highest BCUT2D eigenvalue weighted by atomic mass is 32.2. The summed E-state index contributed by atoms with van der Waals surface area (Å²) >= 11 is 1.29. The molecular formula is C9H15N3O2S. The molecule has 15 heavy (non-hydrogen) atoms. The van der Waals surface area contributed by atoms with Gasteiger partial charge in [0.05, 0.1) is 7.11 Å². The van der Waals surface area contributed by atoms with Crippen molar-refractivity contribution >= 4 is 17.7 Å². The van der Waals surface area contributed by atoms with Crippen molar-refractivity contribution in [1.82, 2.24) is 15.2 Å². The first-order chi connectivity index (χ1) is 7.17. The minimum Gasteiger partial charge on any atom is -0.468 e. The molecule has 1 heterocycles. The van der Waals surface area contributed by atoms with E-state index in [1.165, 1.54) is 18.9 Å². The van der Waals surface area contributed by atoms with Crippen LogP contribution >= 0.6 is 11.8 Å². The molecule has 0 aliphatic rings. The number of hydrogen-bond acceptors (Lipinski definition) is 5. The molecular weight excluding hydrogens is 214 g/mol. The lowest BCUT2D eigenvalue weighted by molar-refractivity contribution is -0.139. The van der Waals surface area contributed by atoms with Crippen molar-refractivity contribution < 1.29 is 9.53 Å². The number of aromatic amines is 1. The molecule has 1 aromatic heterocycles. The monoisotopic (exact) mass is 229 g/mol. The van der Waals surface area contributed by atoms with E-state index in [2.05, 4.69) is 26.8 Å². The van der Waals surface area contributed by atoms with Gasteiger partial charge in [-0.05, 0) is 13.3 Å². The number of nitrogens with one attached hydrogen (secondary N) is 1. The quantitative estimate of drug-likeness (QED) is 0.610. The third-order valence-corrected chi connectivity index (χ3v) is 2.75. The van der Waals surface area contributed by atoms with Crippen molar-refractivity contribution in [2.75, 3.05) is 7.11 Å². The van der Waals surface area contributed by atoms with Crippen LogP contribution in [-0.2, 0) is 16.0 Å². The number of H-pyrrole nitrogens is 1. The second kappa shape index (κ2) is 5.75. The first-order valence-corrected chi connectivity index (χ1v) is 5.71. The van der Waals surface area contributed by atoms with Gasteiger partial charge in [-0.2, -0.15) is 0 Å². The molecule has 0 fully saturated rings. The number of methoxy groups -OCH3 is 1. The number of carbonyl (C=O) groups excluding carboxylic acids is 1. The Morgan fingerprint density at radius 1 is 1.67 bits per heavy atom. The molecule has 1 rings (SSSR count). The molecule has 0 radical (unpaired) electrons. The van der Waals surface area contributed by atoms with Gasteiger partial charge in [0, 0.05) is 6.42 Å². The maximum Gasteiger partial charge on any atom is 0.318 e. The largest absolute Gasteiger partial charge is 0.468 e. The fourth-order valence-corrected chi connectivity index (χ4v) is 1.82. The van der Waals surface area contributed by atoms with Gasteiger partial charge >= 0.3 is 5.97 Å². The van der Waals surface area contributed by atoms with Crippen molar-refractivity contribution in [3.05, 3.63) is 5.82 Å². The van der Waals surface area contributed by atoms with Crippen molar-refractivity contribution in [2.24, 2.45) is 0 Å². The Labute approximate surface area is 93.0 Å². The third-order valence-electron chi connectivity index (χ3n) is 1.81. The number of esters is 1. The summed E-state index contributed by atoms with van der Waals surface area (Å²) in [5, 5.41) is 7.16. The van der Waals surface area contributed by atoms with Crippen LogP contribution in [0.15, 0.2) is 5.16 Å². The lowest BCUT2D eigenvalue weighted by Crippen LogP contribution is -2.14. The molecule has 1 atom stereocenters. The van der Waals surface area contributed by atoms with Gasteiger partial charge < -0.3 is 4.74 Å². The Kier molecular flexibility index (Phi) is 4.61. The van der Waals surface area contributed by atoms with Crippen molar-refractivity contribution in [1.29, 1.82) is 0 Å². The topological polar surface area (TPSA) is 67.9 Å². The predicted octanol–water partition coefficient (Wildman–Crippen LogP) is 1.41. The van der Waals surface area contributed by atoms with Crippen LogP contribution in [0.1, 0.15) is 26.1 Å². The predicted molar refractivity (Wildman–Crippen MR) is 57.7 cm³/mol. The second-order valence-corrected chi connectivity index (χ2v) is 4.41. The van der Waals surface area contributed by atoms with E-state index in [0.29, 0.717) is 5.16 Å². The molecule has 0 amide bonds. The van der Waals surface area contributed by atoms with E-state index in [1.54, 1.807) is 6.92 Å². The fourth-order valence-electron chi connectivity index (χ4n) is 1.05. The minimum absolute atomic E-state index is 0.262. The van der Waals surface area contributed by atoms with Crippen LogP contribution in [-0.4, -0.2) is 33.5 Å². The maximum atomic E-state index is 11.1. The van der Waals surface area contributed by atoms with Gasteiger partial charge in [0.15, 0.2) is 0 Å². The van der Waals surface area contributed by atoms with Gasteiger partial charge in [0.1, 0.15) is 11.1 Å². The van der Waals surface area contributed by atoms with Crippen molar-refractivity contribution in [3.8, 4) is 0 Å². The van der Waals surface area contributed by atoms with Gasteiger partial charge in [0.2, 0.25) is 5.16 Å². The van der Waals surface area contributed by atoms with E-state index >= 15 is 0 Å². The SMILES string of the molecule is CCCc1nc(SC(C)C(=O)OC)n[nH]1. The van der Waals surface area contributed by atoms with E-state index in [9.17, 15) is 4.79 Å². The van der Waals surface area contributed by atoms with E-state index in [4.69, 9.17) is 0 Å². The highest BCUT2D eigenvalue weighted by Gasteiger charge is 2.16. The van der Waals surface area contributed by atoms with E-state index in [-0.39, 0.29) is 11.2 Å². The Morgan fingerprint density at radius 3 is 3.00 bits per heavy atom. The smallest absolute Gasteiger partial charge is 0.318 e. The average molecular weight is 229 g/mol. The molecule has 6 heteroatoms. The molecule has 84 valence electrons. The van der Waals surface area contributed by atoms with Gasteiger partial charge in [-0.15, -0.1) is 5.10 Å². The first-order valence-electron chi connectivity index (χ1n) is 4.83. The molecule has 5 nitrogen and oxygen atoms in total. The molecule has 1 N–H and O–H groups in total. The number of aromatic nitrogens is 3. The zero-order valence-corrected chi connectivity index (χ0v) is 9.93. The number of hydrogen-bond donors (Lipinski definition) is 1. The first kappa shape index (κ1) is 12.0. The number of nitrogens with zero attached hydrogens (tertiary/aromatic N) is 2. The Balaban J connectivity index is 2.53. The summed E-state index contributed by atoms with van der Waals surface area (Å²) in [6.07, 6.45) is 1.89. The zero-order chi connectivity index (χ0) is 11.3. The summed E-state index contributed by atoms with van der Waals surface area (Å²) in [5.41, 5.74) is 0.